The van der Waals surface area contributed by atoms with Gasteiger partial charge in [-0.3, -0.25) is 0 Å². The van der Waals surface area contributed by atoms with Gasteiger partial charge in [-0.05, 0) is 47.7 Å². The average molecular weight is 281 g/mol. The van der Waals surface area contributed by atoms with Crippen molar-refractivity contribution in [1.29, 1.82) is 0 Å². The summed E-state index contributed by atoms with van der Waals surface area (Å²) in [5.41, 5.74) is 9.43. The van der Waals surface area contributed by atoms with Gasteiger partial charge < -0.3 is 10.5 Å². The van der Waals surface area contributed by atoms with Crippen LogP contribution in [-0.2, 0) is 0 Å². The first kappa shape index (κ1) is 13.1. The normalized spacial score (nSPS) is 10.6. The van der Waals surface area contributed by atoms with Crippen molar-refractivity contribution in [2.75, 3.05) is 12.8 Å². The standard InChI is InChI=1S/C15H15N5O/c1-10-3-5-11(6-4-10)20-15(17-18-19-20)13-9-12(21-2)7-8-14(13)16/h3-9H,16H2,1-2H3. The van der Waals surface area contributed by atoms with E-state index in [1.165, 1.54) is 5.56 Å². The summed E-state index contributed by atoms with van der Waals surface area (Å²) >= 11 is 0. The van der Waals surface area contributed by atoms with E-state index in [0.29, 0.717) is 17.3 Å². The minimum Gasteiger partial charge on any atom is -0.497 e. The fraction of sp³-hybridized carbons (Fsp3) is 0.133. The lowest BCUT2D eigenvalue weighted by molar-refractivity contribution is 0.415. The molecule has 0 unspecified atom stereocenters. The van der Waals surface area contributed by atoms with E-state index in [1.54, 1.807) is 23.9 Å². The Kier molecular flexibility index (Phi) is 3.27. The zero-order chi connectivity index (χ0) is 14.8. The van der Waals surface area contributed by atoms with Crippen LogP contribution in [-0.4, -0.2) is 27.3 Å². The molecule has 0 aliphatic carbocycles. The summed E-state index contributed by atoms with van der Waals surface area (Å²) in [5, 5.41) is 11.9. The zero-order valence-electron chi connectivity index (χ0n) is 11.8. The Bertz CT molecular complexity index is 764. The third-order valence-electron chi connectivity index (χ3n) is 3.25. The molecule has 6 nitrogen and oxygen atoms in total. The summed E-state index contributed by atoms with van der Waals surface area (Å²) in [5.74, 6) is 1.29. The molecule has 1 heterocycles. The summed E-state index contributed by atoms with van der Waals surface area (Å²) in [6.45, 7) is 2.03. The van der Waals surface area contributed by atoms with E-state index in [-0.39, 0.29) is 0 Å². The maximum absolute atomic E-state index is 6.04. The molecule has 0 saturated carbocycles. The Morgan fingerprint density at radius 2 is 1.86 bits per heavy atom. The van der Waals surface area contributed by atoms with Gasteiger partial charge in [-0.25, -0.2) is 0 Å². The van der Waals surface area contributed by atoms with Crippen LogP contribution in [0.3, 0.4) is 0 Å². The first-order chi connectivity index (χ1) is 10.2. The third kappa shape index (κ3) is 2.43. The molecule has 2 N–H and O–H groups in total. The van der Waals surface area contributed by atoms with E-state index in [0.717, 1.165) is 11.3 Å². The van der Waals surface area contributed by atoms with Crippen molar-refractivity contribution in [3.8, 4) is 22.8 Å². The lowest BCUT2D eigenvalue weighted by atomic mass is 10.1. The minimum absolute atomic E-state index is 0.579. The van der Waals surface area contributed by atoms with Gasteiger partial charge in [0.2, 0.25) is 0 Å². The molecule has 0 atom stereocenters. The molecule has 0 saturated heterocycles. The van der Waals surface area contributed by atoms with Crippen molar-refractivity contribution in [1.82, 2.24) is 20.2 Å². The molecule has 0 aliphatic heterocycles. The number of anilines is 1. The largest absolute Gasteiger partial charge is 0.497 e. The van der Waals surface area contributed by atoms with Crippen molar-refractivity contribution in [3.05, 3.63) is 48.0 Å². The first-order valence-electron chi connectivity index (χ1n) is 6.48. The summed E-state index contributed by atoms with van der Waals surface area (Å²) < 4.78 is 6.89. The van der Waals surface area contributed by atoms with Gasteiger partial charge in [-0.1, -0.05) is 17.7 Å². The Morgan fingerprint density at radius 1 is 1.10 bits per heavy atom. The van der Waals surface area contributed by atoms with Gasteiger partial charge in [0.25, 0.3) is 0 Å². The van der Waals surface area contributed by atoms with Crippen LogP contribution in [0.25, 0.3) is 17.1 Å². The lowest BCUT2D eigenvalue weighted by Crippen LogP contribution is -2.02. The molecule has 0 radical (unpaired) electrons. The highest BCUT2D eigenvalue weighted by molar-refractivity contribution is 5.74. The van der Waals surface area contributed by atoms with Gasteiger partial charge in [0.05, 0.1) is 12.8 Å². The van der Waals surface area contributed by atoms with Crippen LogP contribution in [0.2, 0.25) is 0 Å². The summed E-state index contributed by atoms with van der Waals surface area (Å²) in [6.07, 6.45) is 0. The van der Waals surface area contributed by atoms with Gasteiger partial charge >= 0.3 is 0 Å². The molecule has 0 spiro atoms. The predicted molar refractivity (Wildman–Crippen MR) is 80.3 cm³/mol. The monoisotopic (exact) mass is 281 g/mol. The molecule has 21 heavy (non-hydrogen) atoms. The quantitative estimate of drug-likeness (QED) is 0.745. The van der Waals surface area contributed by atoms with Gasteiger partial charge in [-0.2, -0.15) is 4.68 Å². The second-order valence-corrected chi connectivity index (χ2v) is 4.70. The zero-order valence-corrected chi connectivity index (χ0v) is 11.8. The number of methoxy groups -OCH3 is 1. The number of nitrogens with zero attached hydrogens (tertiary/aromatic N) is 4. The average Bonchev–Trinajstić information content (AvgIpc) is 2.98. The smallest absolute Gasteiger partial charge is 0.189 e. The molecular formula is C15H15N5O. The molecule has 6 heteroatoms. The van der Waals surface area contributed by atoms with Crippen LogP contribution in [0.5, 0.6) is 5.75 Å². The van der Waals surface area contributed by atoms with Crippen LogP contribution >= 0.6 is 0 Å². The van der Waals surface area contributed by atoms with Crippen LogP contribution in [0.4, 0.5) is 5.69 Å². The van der Waals surface area contributed by atoms with Crippen molar-refractivity contribution in [2.45, 2.75) is 6.92 Å². The number of hydrogen-bond acceptors (Lipinski definition) is 5. The second kappa shape index (κ2) is 5.24. The van der Waals surface area contributed by atoms with Crippen LogP contribution in [0, 0.1) is 6.92 Å². The summed E-state index contributed by atoms with van der Waals surface area (Å²) in [6, 6.07) is 13.4. The van der Waals surface area contributed by atoms with Crippen LogP contribution in [0.15, 0.2) is 42.5 Å². The van der Waals surface area contributed by atoms with Crippen LogP contribution < -0.4 is 10.5 Å². The fourth-order valence-corrected chi connectivity index (χ4v) is 2.07. The summed E-state index contributed by atoms with van der Waals surface area (Å²) in [7, 11) is 1.61. The topological polar surface area (TPSA) is 78.8 Å². The lowest BCUT2D eigenvalue weighted by Gasteiger charge is -2.09. The van der Waals surface area contributed by atoms with E-state index in [2.05, 4.69) is 15.5 Å². The highest BCUT2D eigenvalue weighted by atomic mass is 16.5. The molecule has 3 rings (SSSR count). The number of aryl methyl sites for hydroxylation is 1. The number of ether oxygens (including phenoxy) is 1. The molecule has 0 aliphatic rings. The number of tetrazole rings is 1. The van der Waals surface area contributed by atoms with E-state index in [9.17, 15) is 0 Å². The number of nitrogens with two attached hydrogens (primary N) is 1. The highest BCUT2D eigenvalue weighted by Gasteiger charge is 2.14. The van der Waals surface area contributed by atoms with E-state index in [1.807, 2.05) is 37.3 Å². The molecule has 106 valence electrons. The molecular weight excluding hydrogens is 266 g/mol. The van der Waals surface area contributed by atoms with E-state index in [4.69, 9.17) is 10.5 Å². The van der Waals surface area contributed by atoms with E-state index < -0.39 is 0 Å². The van der Waals surface area contributed by atoms with Gasteiger partial charge in [0.15, 0.2) is 5.82 Å². The fourth-order valence-electron chi connectivity index (χ4n) is 2.07. The van der Waals surface area contributed by atoms with Gasteiger partial charge in [0.1, 0.15) is 5.75 Å². The predicted octanol–water partition coefficient (Wildman–Crippen LogP) is 2.23. The van der Waals surface area contributed by atoms with E-state index >= 15 is 0 Å². The maximum atomic E-state index is 6.04. The third-order valence-corrected chi connectivity index (χ3v) is 3.25. The molecule has 0 fully saturated rings. The SMILES string of the molecule is COc1ccc(N)c(-c2nnnn2-c2ccc(C)cc2)c1. The Balaban J connectivity index is 2.13. The number of rotatable bonds is 3. The molecule has 2 aromatic carbocycles. The second-order valence-electron chi connectivity index (χ2n) is 4.70. The highest BCUT2D eigenvalue weighted by Crippen LogP contribution is 2.29. The minimum atomic E-state index is 0.579. The molecule has 0 amide bonds. The number of nitrogen functional groups attached to an aromatic ring is 1. The van der Waals surface area contributed by atoms with Crippen molar-refractivity contribution >= 4 is 5.69 Å². The Morgan fingerprint density at radius 3 is 2.57 bits per heavy atom. The van der Waals surface area contributed by atoms with Crippen molar-refractivity contribution in [2.24, 2.45) is 0 Å². The molecule has 3 aromatic rings. The first-order valence-corrected chi connectivity index (χ1v) is 6.48. The molecule has 1 aromatic heterocycles. The Hall–Kier alpha value is -2.89. The number of aromatic nitrogens is 4. The van der Waals surface area contributed by atoms with Gasteiger partial charge in [-0.15, -0.1) is 5.10 Å². The number of benzene rings is 2. The summed E-state index contributed by atoms with van der Waals surface area (Å²) in [4.78, 5) is 0. The van der Waals surface area contributed by atoms with Crippen molar-refractivity contribution in [3.63, 3.8) is 0 Å². The molecule has 0 bridgehead atoms. The maximum Gasteiger partial charge on any atom is 0.189 e. The van der Waals surface area contributed by atoms with Gasteiger partial charge in [0, 0.05) is 11.3 Å². The van der Waals surface area contributed by atoms with Crippen molar-refractivity contribution < 1.29 is 4.74 Å². The number of hydrogen-bond donors (Lipinski definition) is 1. The Labute approximate surface area is 122 Å². The van der Waals surface area contributed by atoms with Crippen LogP contribution in [0.1, 0.15) is 5.56 Å².